The Morgan fingerprint density at radius 1 is 1.24 bits per heavy atom. The first-order valence-electron chi connectivity index (χ1n) is 7.39. The monoisotopic (exact) mass is 374 g/mol. The number of ether oxygens (including phenoxy) is 1. The molecule has 2 aromatic rings. The van der Waals surface area contributed by atoms with Gasteiger partial charge in [-0.3, -0.25) is 4.79 Å². The maximum atomic E-state index is 12.5. The average molecular weight is 375 g/mol. The third-order valence-electron chi connectivity index (χ3n) is 3.55. The number of rotatable bonds is 4. The molecule has 0 spiro atoms. The molecule has 0 aliphatic carbocycles. The van der Waals surface area contributed by atoms with Crippen molar-refractivity contribution in [3.05, 3.63) is 62.6 Å². The molecule has 2 aromatic carbocycles. The highest BCUT2D eigenvalue weighted by atomic mass is 35.5. The summed E-state index contributed by atoms with van der Waals surface area (Å²) in [6, 6.07) is 10.7. The van der Waals surface area contributed by atoms with E-state index in [0.29, 0.717) is 27.0 Å². The summed E-state index contributed by atoms with van der Waals surface area (Å²) in [6.07, 6.45) is 1.40. The van der Waals surface area contributed by atoms with Crippen molar-refractivity contribution in [3.63, 3.8) is 0 Å². The van der Waals surface area contributed by atoms with Gasteiger partial charge in [0, 0.05) is 16.3 Å². The second-order valence-electron chi connectivity index (χ2n) is 5.45. The molecular weight excluding hydrogens is 359 g/mol. The standard InChI is InChI=1S/C19H16Cl2N2O2/c1-11-4-5-12(2)17(6-11)23-19(24)14(10-22)7-13-8-15(20)9-16(21)18(13)25-3/h4-9H,1-3H3,(H,23,24)/b14-7+. The van der Waals surface area contributed by atoms with Gasteiger partial charge in [-0.25, -0.2) is 0 Å². The Kier molecular flexibility index (Phi) is 6.08. The number of benzene rings is 2. The van der Waals surface area contributed by atoms with Gasteiger partial charge < -0.3 is 10.1 Å². The van der Waals surface area contributed by atoms with Crippen LogP contribution in [-0.2, 0) is 4.79 Å². The van der Waals surface area contributed by atoms with Gasteiger partial charge in [-0.05, 0) is 49.2 Å². The molecule has 0 bridgehead atoms. The van der Waals surface area contributed by atoms with Crippen molar-refractivity contribution in [1.29, 1.82) is 5.26 Å². The number of amides is 1. The predicted octanol–water partition coefficient (Wildman–Crippen LogP) is 5.16. The zero-order chi connectivity index (χ0) is 18.6. The van der Waals surface area contributed by atoms with Crippen molar-refractivity contribution >= 4 is 40.9 Å². The normalized spacial score (nSPS) is 11.0. The van der Waals surface area contributed by atoms with E-state index >= 15 is 0 Å². The molecule has 0 aromatic heterocycles. The lowest BCUT2D eigenvalue weighted by Gasteiger charge is -2.10. The highest BCUT2D eigenvalue weighted by Crippen LogP contribution is 2.33. The van der Waals surface area contributed by atoms with E-state index in [4.69, 9.17) is 27.9 Å². The molecule has 25 heavy (non-hydrogen) atoms. The molecule has 0 fully saturated rings. The Hall–Kier alpha value is -2.48. The van der Waals surface area contributed by atoms with Crippen molar-refractivity contribution in [2.24, 2.45) is 0 Å². The van der Waals surface area contributed by atoms with Crippen LogP contribution >= 0.6 is 23.2 Å². The van der Waals surface area contributed by atoms with Gasteiger partial charge in [-0.1, -0.05) is 35.3 Å². The Balaban J connectivity index is 2.40. The molecule has 0 unspecified atom stereocenters. The number of halogens is 2. The number of nitriles is 1. The third-order valence-corrected chi connectivity index (χ3v) is 4.05. The molecular formula is C19H16Cl2N2O2. The van der Waals surface area contributed by atoms with E-state index in [-0.39, 0.29) is 5.57 Å². The molecule has 0 saturated carbocycles. The fourth-order valence-electron chi connectivity index (χ4n) is 2.27. The number of anilines is 1. The maximum Gasteiger partial charge on any atom is 0.266 e. The molecule has 1 amide bonds. The molecule has 0 saturated heterocycles. The van der Waals surface area contributed by atoms with Crippen LogP contribution in [0, 0.1) is 25.2 Å². The second kappa shape index (κ2) is 8.06. The number of carbonyl (C=O) groups is 1. The van der Waals surface area contributed by atoms with Gasteiger partial charge in [0.2, 0.25) is 0 Å². The number of hydrogen-bond donors (Lipinski definition) is 1. The van der Waals surface area contributed by atoms with E-state index in [0.717, 1.165) is 11.1 Å². The molecule has 0 heterocycles. The lowest BCUT2D eigenvalue weighted by Crippen LogP contribution is -2.14. The van der Waals surface area contributed by atoms with E-state index in [9.17, 15) is 10.1 Å². The number of aryl methyl sites for hydroxylation is 2. The highest BCUT2D eigenvalue weighted by Gasteiger charge is 2.14. The smallest absolute Gasteiger partial charge is 0.266 e. The molecule has 4 nitrogen and oxygen atoms in total. The molecule has 0 radical (unpaired) electrons. The van der Waals surface area contributed by atoms with E-state index in [1.165, 1.54) is 19.3 Å². The van der Waals surface area contributed by atoms with Gasteiger partial charge in [0.1, 0.15) is 17.4 Å². The molecule has 0 aliphatic rings. The molecule has 1 N–H and O–H groups in total. The van der Waals surface area contributed by atoms with Crippen molar-refractivity contribution in [3.8, 4) is 11.8 Å². The Labute approximate surface area is 156 Å². The van der Waals surface area contributed by atoms with Crippen molar-refractivity contribution < 1.29 is 9.53 Å². The van der Waals surface area contributed by atoms with Crippen LogP contribution < -0.4 is 10.1 Å². The third kappa shape index (κ3) is 4.54. The van der Waals surface area contributed by atoms with Crippen molar-refractivity contribution in [1.82, 2.24) is 0 Å². The summed E-state index contributed by atoms with van der Waals surface area (Å²) in [4.78, 5) is 12.5. The first kappa shape index (κ1) is 18.9. The predicted molar refractivity (Wildman–Crippen MR) is 101 cm³/mol. The van der Waals surface area contributed by atoms with Crippen LogP contribution in [0.25, 0.3) is 6.08 Å². The summed E-state index contributed by atoms with van der Waals surface area (Å²) >= 11 is 12.1. The zero-order valence-corrected chi connectivity index (χ0v) is 15.5. The van der Waals surface area contributed by atoms with Crippen LogP contribution in [0.4, 0.5) is 5.69 Å². The minimum Gasteiger partial charge on any atom is -0.495 e. The summed E-state index contributed by atoms with van der Waals surface area (Å²) in [7, 11) is 1.45. The van der Waals surface area contributed by atoms with Crippen molar-refractivity contribution in [2.45, 2.75) is 13.8 Å². The van der Waals surface area contributed by atoms with Gasteiger partial charge in [-0.15, -0.1) is 0 Å². The molecule has 0 aliphatic heterocycles. The number of nitrogens with one attached hydrogen (secondary N) is 1. The van der Waals surface area contributed by atoms with Crippen LogP contribution in [0.2, 0.25) is 10.0 Å². The zero-order valence-electron chi connectivity index (χ0n) is 14.0. The number of methoxy groups -OCH3 is 1. The van der Waals surface area contributed by atoms with Crippen LogP contribution in [0.15, 0.2) is 35.9 Å². The SMILES string of the molecule is COc1c(Cl)cc(Cl)cc1/C=C(\C#N)C(=O)Nc1cc(C)ccc1C. The van der Waals surface area contributed by atoms with Crippen LogP contribution in [-0.4, -0.2) is 13.0 Å². The van der Waals surface area contributed by atoms with Gasteiger partial charge in [0.25, 0.3) is 5.91 Å². The molecule has 0 atom stereocenters. The lowest BCUT2D eigenvalue weighted by molar-refractivity contribution is -0.112. The van der Waals surface area contributed by atoms with E-state index in [2.05, 4.69) is 5.32 Å². The summed E-state index contributed by atoms with van der Waals surface area (Å²) in [5, 5.41) is 12.8. The van der Waals surface area contributed by atoms with Crippen LogP contribution in [0.1, 0.15) is 16.7 Å². The van der Waals surface area contributed by atoms with Crippen LogP contribution in [0.3, 0.4) is 0 Å². The van der Waals surface area contributed by atoms with Gasteiger partial charge in [0.15, 0.2) is 0 Å². The fourth-order valence-corrected chi connectivity index (χ4v) is 2.85. The molecule has 2 rings (SSSR count). The largest absolute Gasteiger partial charge is 0.495 e. The summed E-state index contributed by atoms with van der Waals surface area (Å²) in [5.41, 5.74) is 2.93. The fraction of sp³-hybridized carbons (Fsp3) is 0.158. The Morgan fingerprint density at radius 3 is 2.60 bits per heavy atom. The lowest BCUT2D eigenvalue weighted by atomic mass is 10.1. The summed E-state index contributed by atoms with van der Waals surface area (Å²) in [6.45, 7) is 3.81. The first-order chi connectivity index (χ1) is 11.8. The highest BCUT2D eigenvalue weighted by molar-refractivity contribution is 6.36. The van der Waals surface area contributed by atoms with E-state index in [1.54, 1.807) is 6.07 Å². The number of hydrogen-bond acceptors (Lipinski definition) is 3. The maximum absolute atomic E-state index is 12.5. The average Bonchev–Trinajstić information content (AvgIpc) is 2.55. The van der Waals surface area contributed by atoms with Gasteiger partial charge in [0.05, 0.1) is 12.1 Å². The Morgan fingerprint density at radius 2 is 1.96 bits per heavy atom. The Bertz CT molecular complexity index is 899. The minimum atomic E-state index is -0.519. The van der Waals surface area contributed by atoms with E-state index < -0.39 is 5.91 Å². The minimum absolute atomic E-state index is 0.0856. The second-order valence-corrected chi connectivity index (χ2v) is 6.30. The van der Waals surface area contributed by atoms with Gasteiger partial charge in [-0.2, -0.15) is 5.26 Å². The number of carbonyl (C=O) groups excluding carboxylic acids is 1. The van der Waals surface area contributed by atoms with Crippen molar-refractivity contribution in [2.75, 3.05) is 12.4 Å². The summed E-state index contributed by atoms with van der Waals surface area (Å²) in [5.74, 6) is -0.173. The molecule has 6 heteroatoms. The topological polar surface area (TPSA) is 62.1 Å². The van der Waals surface area contributed by atoms with Crippen LogP contribution in [0.5, 0.6) is 5.75 Å². The van der Waals surface area contributed by atoms with E-state index in [1.807, 2.05) is 38.1 Å². The summed E-state index contributed by atoms with van der Waals surface area (Å²) < 4.78 is 5.23. The van der Waals surface area contributed by atoms with Gasteiger partial charge >= 0.3 is 0 Å². The molecule has 128 valence electrons. The number of nitrogens with zero attached hydrogens (tertiary/aromatic N) is 1. The quantitative estimate of drug-likeness (QED) is 0.593. The first-order valence-corrected chi connectivity index (χ1v) is 8.14.